The average Bonchev–Trinajstić information content (AvgIpc) is 2.75. The molecule has 21 heavy (non-hydrogen) atoms. The van der Waals surface area contributed by atoms with Gasteiger partial charge in [0.1, 0.15) is 0 Å². The van der Waals surface area contributed by atoms with Gasteiger partial charge in [-0.2, -0.15) is 0 Å². The molecule has 1 unspecified atom stereocenters. The minimum atomic E-state index is -3.44. The van der Waals surface area contributed by atoms with Crippen molar-refractivity contribution in [3.05, 3.63) is 0 Å². The molecule has 0 aromatic carbocycles. The molecule has 0 bridgehead atoms. The number of hydrogen-bond acceptors (Lipinski definition) is 5. The predicted molar refractivity (Wildman–Crippen MR) is 81.1 cm³/mol. The fourth-order valence-electron chi connectivity index (χ4n) is 2.34. The molecule has 1 fully saturated rings. The molecular weight excluding hydrogens is 316 g/mol. The van der Waals surface area contributed by atoms with Crippen LogP contribution in [0.25, 0.3) is 0 Å². The summed E-state index contributed by atoms with van der Waals surface area (Å²) in [4.78, 5) is 13.5. The third-order valence-corrected chi connectivity index (χ3v) is 6.68. The molecule has 1 amide bonds. The average molecular weight is 340 g/mol. The Hall–Kier alpha value is -0.670. The zero-order valence-electron chi connectivity index (χ0n) is 12.5. The number of hydrogen-bond donors (Lipinski definition) is 1. The minimum absolute atomic E-state index is 0.000707. The van der Waals surface area contributed by atoms with Crippen LogP contribution in [0.1, 0.15) is 33.1 Å². The van der Waals surface area contributed by atoms with Crippen LogP contribution in [0.15, 0.2) is 0 Å². The predicted octanol–water partition coefficient (Wildman–Crippen LogP) is -0.258. The number of nitrogens with zero attached hydrogens (tertiary/aromatic N) is 1. The maximum absolute atomic E-state index is 12.1. The number of carbonyl (C=O) groups is 1. The highest BCUT2D eigenvalue weighted by Gasteiger charge is 2.33. The standard InChI is InChI=1S/C12H24N2O5S2/c1-3-5-7-21(18,19)13-9-12(15)14(4-2)11-6-8-20(16,17)10-11/h11,13H,3-10H2,1-2H3. The molecule has 1 heterocycles. The van der Waals surface area contributed by atoms with Crippen LogP contribution in [0.3, 0.4) is 0 Å². The van der Waals surface area contributed by atoms with Gasteiger partial charge in [-0.15, -0.1) is 0 Å². The molecule has 1 aliphatic rings. The third-order valence-electron chi connectivity index (χ3n) is 3.52. The zero-order valence-corrected chi connectivity index (χ0v) is 14.2. The van der Waals surface area contributed by atoms with Gasteiger partial charge in [0.2, 0.25) is 15.9 Å². The summed E-state index contributed by atoms with van der Waals surface area (Å²) < 4.78 is 48.5. The molecule has 1 aliphatic heterocycles. The van der Waals surface area contributed by atoms with Gasteiger partial charge < -0.3 is 4.90 Å². The first kappa shape index (κ1) is 18.4. The Balaban J connectivity index is 2.57. The fourth-order valence-corrected chi connectivity index (χ4v) is 5.23. The van der Waals surface area contributed by atoms with Crippen LogP contribution in [-0.4, -0.2) is 64.0 Å². The summed E-state index contributed by atoms with van der Waals surface area (Å²) in [7, 11) is -6.51. The highest BCUT2D eigenvalue weighted by molar-refractivity contribution is 7.91. The molecule has 0 aliphatic carbocycles. The quantitative estimate of drug-likeness (QED) is 0.656. The van der Waals surface area contributed by atoms with E-state index in [1.807, 2.05) is 6.92 Å². The number of sulfonamides is 1. The van der Waals surface area contributed by atoms with Crippen LogP contribution < -0.4 is 4.72 Å². The van der Waals surface area contributed by atoms with E-state index in [0.29, 0.717) is 19.4 Å². The van der Waals surface area contributed by atoms with Gasteiger partial charge in [0, 0.05) is 12.6 Å². The van der Waals surface area contributed by atoms with Gasteiger partial charge in [-0.25, -0.2) is 21.6 Å². The molecule has 0 spiro atoms. The van der Waals surface area contributed by atoms with Crippen molar-refractivity contribution in [3.63, 3.8) is 0 Å². The Morgan fingerprint density at radius 3 is 2.48 bits per heavy atom. The van der Waals surface area contributed by atoms with E-state index in [1.165, 1.54) is 4.90 Å². The summed E-state index contributed by atoms with van der Waals surface area (Å²) >= 11 is 0. The van der Waals surface area contributed by atoms with Gasteiger partial charge in [0.05, 0.1) is 23.8 Å². The van der Waals surface area contributed by atoms with Crippen LogP contribution in [0.5, 0.6) is 0 Å². The summed E-state index contributed by atoms with van der Waals surface area (Å²) in [6, 6.07) is -0.340. The van der Waals surface area contributed by atoms with Crippen molar-refractivity contribution >= 4 is 25.8 Å². The second-order valence-corrected chi connectivity index (χ2v) is 9.39. The van der Waals surface area contributed by atoms with Crippen molar-refractivity contribution in [2.75, 3.05) is 30.3 Å². The molecule has 1 atom stereocenters. The van der Waals surface area contributed by atoms with Crippen molar-refractivity contribution in [2.24, 2.45) is 0 Å². The maximum atomic E-state index is 12.1. The van der Waals surface area contributed by atoms with E-state index in [0.717, 1.165) is 6.42 Å². The monoisotopic (exact) mass is 340 g/mol. The lowest BCUT2D eigenvalue weighted by atomic mass is 10.2. The second kappa shape index (κ2) is 7.55. The van der Waals surface area contributed by atoms with Crippen LogP contribution in [-0.2, 0) is 24.7 Å². The molecule has 1 N–H and O–H groups in total. The summed E-state index contributed by atoms with van der Waals surface area (Å²) in [5.74, 6) is -0.320. The van der Waals surface area contributed by atoms with E-state index in [-0.39, 0.29) is 35.8 Å². The van der Waals surface area contributed by atoms with Crippen LogP contribution in [0, 0.1) is 0 Å². The summed E-state index contributed by atoms with van der Waals surface area (Å²) in [5, 5.41) is 0. The van der Waals surface area contributed by atoms with Crippen LogP contribution >= 0.6 is 0 Å². The highest BCUT2D eigenvalue weighted by Crippen LogP contribution is 2.17. The Kier molecular flexibility index (Phi) is 6.61. The maximum Gasteiger partial charge on any atom is 0.237 e. The van der Waals surface area contributed by atoms with Crippen LogP contribution in [0.4, 0.5) is 0 Å². The van der Waals surface area contributed by atoms with E-state index in [4.69, 9.17) is 0 Å². The lowest BCUT2D eigenvalue weighted by Crippen LogP contribution is -2.46. The lowest BCUT2D eigenvalue weighted by Gasteiger charge is -2.26. The number of carbonyl (C=O) groups excluding carboxylic acids is 1. The van der Waals surface area contributed by atoms with E-state index in [2.05, 4.69) is 4.72 Å². The Labute approximate surface area is 127 Å². The van der Waals surface area contributed by atoms with Crippen molar-refractivity contribution in [1.82, 2.24) is 9.62 Å². The first-order valence-electron chi connectivity index (χ1n) is 7.18. The molecule has 7 nitrogen and oxygen atoms in total. The minimum Gasteiger partial charge on any atom is -0.338 e. The lowest BCUT2D eigenvalue weighted by molar-refractivity contribution is -0.131. The van der Waals surface area contributed by atoms with Crippen molar-refractivity contribution < 1.29 is 21.6 Å². The largest absolute Gasteiger partial charge is 0.338 e. The Morgan fingerprint density at radius 1 is 1.33 bits per heavy atom. The van der Waals surface area contributed by atoms with Crippen LogP contribution in [0.2, 0.25) is 0 Å². The van der Waals surface area contributed by atoms with Crippen molar-refractivity contribution in [2.45, 2.75) is 39.2 Å². The van der Waals surface area contributed by atoms with Gasteiger partial charge in [0.25, 0.3) is 0 Å². The highest BCUT2D eigenvalue weighted by atomic mass is 32.2. The normalized spacial score (nSPS) is 21.3. The molecule has 124 valence electrons. The Morgan fingerprint density at radius 2 is 2.00 bits per heavy atom. The molecule has 9 heteroatoms. The second-order valence-electron chi connectivity index (χ2n) is 5.23. The number of nitrogens with one attached hydrogen (secondary N) is 1. The van der Waals surface area contributed by atoms with Gasteiger partial charge in [0.15, 0.2) is 9.84 Å². The topological polar surface area (TPSA) is 101 Å². The van der Waals surface area contributed by atoms with E-state index >= 15 is 0 Å². The number of sulfone groups is 1. The first-order valence-corrected chi connectivity index (χ1v) is 10.7. The van der Waals surface area contributed by atoms with E-state index in [1.54, 1.807) is 6.92 Å². The van der Waals surface area contributed by atoms with Crippen molar-refractivity contribution in [3.8, 4) is 0 Å². The van der Waals surface area contributed by atoms with Gasteiger partial charge in [-0.3, -0.25) is 4.79 Å². The smallest absolute Gasteiger partial charge is 0.237 e. The van der Waals surface area contributed by atoms with Gasteiger partial charge in [-0.05, 0) is 19.8 Å². The van der Waals surface area contributed by atoms with Gasteiger partial charge in [-0.1, -0.05) is 13.3 Å². The number of rotatable bonds is 8. The molecule has 1 saturated heterocycles. The van der Waals surface area contributed by atoms with Gasteiger partial charge >= 0.3 is 0 Å². The molecule has 0 radical (unpaired) electrons. The van der Waals surface area contributed by atoms with E-state index in [9.17, 15) is 21.6 Å². The molecular formula is C12H24N2O5S2. The summed E-state index contributed by atoms with van der Waals surface area (Å²) in [6.07, 6.45) is 1.72. The number of likely N-dealkylation sites (N-methyl/N-ethyl adjacent to an activating group) is 1. The molecule has 1 rings (SSSR count). The third kappa shape index (κ3) is 5.91. The zero-order chi connectivity index (χ0) is 16.1. The number of unbranched alkanes of at least 4 members (excludes halogenated alkanes) is 1. The molecule has 0 aromatic rings. The SMILES string of the molecule is CCCCS(=O)(=O)NCC(=O)N(CC)C1CCS(=O)(=O)C1. The number of amides is 1. The molecule has 0 aromatic heterocycles. The Bertz CT molecular complexity index is 556. The van der Waals surface area contributed by atoms with Crippen molar-refractivity contribution in [1.29, 1.82) is 0 Å². The summed E-state index contributed by atoms with van der Waals surface area (Å²) in [6.45, 7) is 3.71. The van der Waals surface area contributed by atoms with E-state index < -0.39 is 19.9 Å². The summed E-state index contributed by atoms with van der Waals surface area (Å²) in [5.41, 5.74) is 0. The fraction of sp³-hybridized carbons (Fsp3) is 0.917. The molecule has 0 saturated carbocycles. The first-order chi connectivity index (χ1) is 9.71.